The quantitative estimate of drug-likeness (QED) is 0.663. The van der Waals surface area contributed by atoms with E-state index in [0.29, 0.717) is 23.6 Å². The highest BCUT2D eigenvalue weighted by Gasteiger charge is 2.22. The Morgan fingerprint density at radius 3 is 3.00 bits per heavy atom. The molecule has 0 aromatic carbocycles. The Morgan fingerprint density at radius 2 is 2.18 bits per heavy atom. The Morgan fingerprint density at radius 1 is 1.27 bits per heavy atom. The van der Waals surface area contributed by atoms with Crippen molar-refractivity contribution in [3.05, 3.63) is 23.4 Å². The van der Waals surface area contributed by atoms with Crippen LogP contribution in [0.5, 0.6) is 0 Å². The van der Waals surface area contributed by atoms with E-state index in [2.05, 4.69) is 25.7 Å². The van der Waals surface area contributed by atoms with E-state index in [9.17, 15) is 0 Å². The standard InChI is InChI=1S/C13H14N6OS2/c1-2-5-9(4-1)19-13(16-17-18-19)22-8-11-14-15-12(20-11)10-6-3-7-21-10/h3,6-7,9H,1-2,4-5,8H2. The van der Waals surface area contributed by atoms with Gasteiger partial charge in [0.05, 0.1) is 16.7 Å². The summed E-state index contributed by atoms with van der Waals surface area (Å²) in [5.74, 6) is 1.74. The van der Waals surface area contributed by atoms with Crippen molar-refractivity contribution in [1.82, 2.24) is 30.4 Å². The molecular weight excluding hydrogens is 320 g/mol. The van der Waals surface area contributed by atoms with Crippen LogP contribution >= 0.6 is 23.1 Å². The first kappa shape index (κ1) is 13.9. The lowest BCUT2D eigenvalue weighted by atomic mass is 10.3. The van der Waals surface area contributed by atoms with Gasteiger partial charge in [-0.15, -0.1) is 26.6 Å². The van der Waals surface area contributed by atoms with E-state index in [-0.39, 0.29) is 0 Å². The molecule has 0 bridgehead atoms. The number of aromatic nitrogens is 6. The van der Waals surface area contributed by atoms with Gasteiger partial charge in [-0.1, -0.05) is 30.7 Å². The lowest BCUT2D eigenvalue weighted by molar-refractivity contribution is 0.422. The average Bonchev–Trinajstić information content (AvgIpc) is 3.33. The van der Waals surface area contributed by atoms with Crippen molar-refractivity contribution in [2.24, 2.45) is 0 Å². The van der Waals surface area contributed by atoms with Crippen LogP contribution in [-0.4, -0.2) is 30.4 Å². The summed E-state index contributed by atoms with van der Waals surface area (Å²) >= 11 is 3.12. The monoisotopic (exact) mass is 334 g/mol. The minimum atomic E-state index is 0.432. The molecule has 0 aliphatic heterocycles. The van der Waals surface area contributed by atoms with Gasteiger partial charge >= 0.3 is 0 Å². The first-order chi connectivity index (χ1) is 10.9. The molecule has 0 saturated heterocycles. The summed E-state index contributed by atoms with van der Waals surface area (Å²) in [5, 5.41) is 23.0. The van der Waals surface area contributed by atoms with Gasteiger partial charge in [-0.05, 0) is 34.7 Å². The molecule has 9 heteroatoms. The second kappa shape index (κ2) is 6.17. The van der Waals surface area contributed by atoms with Gasteiger partial charge < -0.3 is 4.42 Å². The third kappa shape index (κ3) is 2.78. The van der Waals surface area contributed by atoms with Crippen molar-refractivity contribution >= 4 is 23.1 Å². The van der Waals surface area contributed by atoms with Crippen molar-refractivity contribution < 1.29 is 4.42 Å². The lowest BCUT2D eigenvalue weighted by Gasteiger charge is -2.09. The summed E-state index contributed by atoms with van der Waals surface area (Å²) < 4.78 is 7.62. The Kier molecular flexibility index (Phi) is 3.90. The normalized spacial score (nSPS) is 15.6. The maximum Gasteiger partial charge on any atom is 0.257 e. The molecule has 7 nitrogen and oxygen atoms in total. The van der Waals surface area contributed by atoms with Crippen molar-refractivity contribution in [3.8, 4) is 10.8 Å². The fourth-order valence-electron chi connectivity index (χ4n) is 2.60. The Bertz CT molecular complexity index is 731. The summed E-state index contributed by atoms with van der Waals surface area (Å²) in [7, 11) is 0. The summed E-state index contributed by atoms with van der Waals surface area (Å²) in [4.78, 5) is 0.986. The maximum atomic E-state index is 5.68. The van der Waals surface area contributed by atoms with Crippen LogP contribution in [0.2, 0.25) is 0 Å². The highest BCUT2D eigenvalue weighted by molar-refractivity contribution is 7.98. The van der Waals surface area contributed by atoms with E-state index >= 15 is 0 Å². The zero-order chi connectivity index (χ0) is 14.8. The van der Waals surface area contributed by atoms with Gasteiger partial charge in [0, 0.05) is 0 Å². The fraction of sp³-hybridized carbons (Fsp3) is 0.462. The van der Waals surface area contributed by atoms with E-state index in [1.165, 1.54) is 24.6 Å². The molecule has 0 N–H and O–H groups in total. The van der Waals surface area contributed by atoms with E-state index < -0.39 is 0 Å². The zero-order valence-corrected chi connectivity index (χ0v) is 13.4. The summed E-state index contributed by atoms with van der Waals surface area (Å²) in [6.07, 6.45) is 4.81. The Balaban J connectivity index is 1.44. The number of thioether (sulfide) groups is 1. The van der Waals surface area contributed by atoms with E-state index in [4.69, 9.17) is 4.42 Å². The van der Waals surface area contributed by atoms with Crippen LogP contribution in [0.4, 0.5) is 0 Å². The summed E-state index contributed by atoms with van der Waals surface area (Å²) in [6, 6.07) is 4.37. The Hall–Kier alpha value is -1.74. The van der Waals surface area contributed by atoms with Crippen LogP contribution in [-0.2, 0) is 5.75 Å². The number of hydrogen-bond acceptors (Lipinski definition) is 8. The maximum absolute atomic E-state index is 5.68. The van der Waals surface area contributed by atoms with Gasteiger partial charge in [0.1, 0.15) is 0 Å². The predicted molar refractivity (Wildman–Crippen MR) is 82.5 cm³/mol. The molecule has 4 rings (SSSR count). The van der Waals surface area contributed by atoms with Crippen molar-refractivity contribution in [3.63, 3.8) is 0 Å². The highest BCUT2D eigenvalue weighted by Crippen LogP contribution is 2.32. The third-order valence-electron chi connectivity index (χ3n) is 3.66. The van der Waals surface area contributed by atoms with Gasteiger partial charge in [0.25, 0.3) is 5.89 Å². The van der Waals surface area contributed by atoms with Crippen molar-refractivity contribution in [2.75, 3.05) is 0 Å². The number of rotatable bonds is 5. The highest BCUT2D eigenvalue weighted by atomic mass is 32.2. The zero-order valence-electron chi connectivity index (χ0n) is 11.8. The molecule has 3 heterocycles. The smallest absolute Gasteiger partial charge is 0.257 e. The number of tetrazole rings is 1. The summed E-state index contributed by atoms with van der Waals surface area (Å²) in [5.41, 5.74) is 0. The molecule has 3 aromatic rings. The van der Waals surface area contributed by atoms with Crippen LogP contribution in [0, 0.1) is 0 Å². The molecule has 1 aliphatic carbocycles. The molecule has 0 spiro atoms. The number of nitrogens with zero attached hydrogens (tertiary/aromatic N) is 6. The number of thiophene rings is 1. The van der Waals surface area contributed by atoms with Crippen LogP contribution in [0.3, 0.4) is 0 Å². The van der Waals surface area contributed by atoms with E-state index in [1.54, 1.807) is 11.3 Å². The first-order valence-corrected chi connectivity index (χ1v) is 9.03. The molecule has 0 atom stereocenters. The van der Waals surface area contributed by atoms with Crippen LogP contribution in [0.25, 0.3) is 10.8 Å². The number of hydrogen-bond donors (Lipinski definition) is 0. The molecule has 0 amide bonds. The van der Waals surface area contributed by atoms with Gasteiger partial charge in [-0.2, -0.15) is 0 Å². The molecule has 1 saturated carbocycles. The molecular formula is C13H14N6OS2. The van der Waals surface area contributed by atoms with E-state index in [0.717, 1.165) is 22.9 Å². The molecule has 3 aromatic heterocycles. The van der Waals surface area contributed by atoms with Gasteiger partial charge in [0.2, 0.25) is 11.0 Å². The van der Waals surface area contributed by atoms with E-state index in [1.807, 2.05) is 22.2 Å². The lowest BCUT2D eigenvalue weighted by Crippen LogP contribution is -2.08. The third-order valence-corrected chi connectivity index (χ3v) is 5.43. The van der Waals surface area contributed by atoms with Crippen LogP contribution < -0.4 is 0 Å². The Labute approximate surface area is 135 Å². The second-order valence-corrected chi connectivity index (χ2v) is 7.00. The molecule has 114 valence electrons. The SMILES string of the molecule is c1csc(-c2nnc(CSc3nnnn3C3CCCC3)o2)c1. The van der Waals surface area contributed by atoms with Gasteiger partial charge in [-0.3, -0.25) is 0 Å². The molecule has 0 unspecified atom stereocenters. The molecule has 0 radical (unpaired) electrons. The molecule has 1 aliphatic rings. The van der Waals surface area contributed by atoms with Crippen molar-refractivity contribution in [1.29, 1.82) is 0 Å². The first-order valence-electron chi connectivity index (χ1n) is 7.17. The molecule has 22 heavy (non-hydrogen) atoms. The minimum Gasteiger partial charge on any atom is -0.419 e. The topological polar surface area (TPSA) is 82.5 Å². The predicted octanol–water partition coefficient (Wildman–Crippen LogP) is 3.19. The average molecular weight is 334 g/mol. The van der Waals surface area contributed by atoms with Crippen LogP contribution in [0.1, 0.15) is 37.6 Å². The van der Waals surface area contributed by atoms with Crippen LogP contribution in [0.15, 0.2) is 27.1 Å². The fourth-order valence-corrected chi connectivity index (χ4v) is 4.02. The van der Waals surface area contributed by atoms with Gasteiger partial charge in [-0.25, -0.2) is 4.68 Å². The largest absolute Gasteiger partial charge is 0.419 e. The summed E-state index contributed by atoms with van der Waals surface area (Å²) in [6.45, 7) is 0. The molecule has 1 fully saturated rings. The minimum absolute atomic E-state index is 0.432. The van der Waals surface area contributed by atoms with Crippen molar-refractivity contribution in [2.45, 2.75) is 42.6 Å². The second-order valence-electron chi connectivity index (χ2n) is 5.11. The van der Waals surface area contributed by atoms with Gasteiger partial charge in [0.15, 0.2) is 0 Å².